The van der Waals surface area contributed by atoms with Crippen LogP contribution in [0.5, 0.6) is 0 Å². The Balaban J connectivity index is 2.63. The Morgan fingerprint density at radius 2 is 2.07 bits per heavy atom. The largest absolute Gasteiger partial charge is 0.487 e. The Hall–Kier alpha value is -0.640. The molecule has 5 nitrogen and oxygen atoms in total. The maximum Gasteiger partial charge on any atom is 0.487 e. The number of hydrogen-bond acceptors (Lipinski definition) is 4. The van der Waals surface area contributed by atoms with Crippen LogP contribution in [0, 0.1) is 0 Å². The number of unbranched alkanes of at least 4 members (excludes halogenated alkanes) is 1. The SMILES string of the molecule is CCCC[P+](OC)(OC)On1ccnc1. The van der Waals surface area contributed by atoms with E-state index in [9.17, 15) is 0 Å². The second kappa shape index (κ2) is 6.05. The lowest BCUT2D eigenvalue weighted by molar-refractivity contribution is 0.163. The Morgan fingerprint density at radius 1 is 1.33 bits per heavy atom. The molecule has 1 aromatic rings. The molecule has 0 fully saturated rings. The van der Waals surface area contributed by atoms with Gasteiger partial charge in [0.25, 0.3) is 0 Å². The van der Waals surface area contributed by atoms with Gasteiger partial charge < -0.3 is 0 Å². The second-order valence-corrected chi connectivity index (χ2v) is 5.62. The van der Waals surface area contributed by atoms with Gasteiger partial charge in [-0.25, -0.2) is 4.98 Å². The molecule has 0 unspecified atom stereocenters. The van der Waals surface area contributed by atoms with Crippen molar-refractivity contribution in [1.29, 1.82) is 0 Å². The summed E-state index contributed by atoms with van der Waals surface area (Å²) < 4.78 is 17.9. The molecule has 0 aliphatic rings. The monoisotopic (exact) mass is 233 g/mol. The molecule has 0 radical (unpaired) electrons. The molecule has 1 rings (SSSR count). The standard InChI is InChI=1S/C9H18N2O3P/c1-4-5-8-15(12-2,13-3)14-11-7-6-10-9-11/h6-7,9H,4-5,8H2,1-3H3/q+1. The zero-order chi connectivity index (χ0) is 11.1. The van der Waals surface area contributed by atoms with E-state index >= 15 is 0 Å². The molecule has 0 atom stereocenters. The van der Waals surface area contributed by atoms with Crippen molar-refractivity contribution < 1.29 is 13.7 Å². The van der Waals surface area contributed by atoms with E-state index in [1.54, 1.807) is 32.9 Å². The highest BCUT2D eigenvalue weighted by Crippen LogP contribution is 2.58. The summed E-state index contributed by atoms with van der Waals surface area (Å²) in [5, 5.41) is 0. The molecule has 0 saturated heterocycles. The van der Waals surface area contributed by atoms with E-state index in [4.69, 9.17) is 13.7 Å². The molecule has 0 N–H and O–H groups in total. The number of rotatable bonds is 7. The summed E-state index contributed by atoms with van der Waals surface area (Å²) in [5.74, 6) is 0. The number of imidazole rings is 1. The minimum Gasteiger partial charge on any atom is -0.241 e. The second-order valence-electron chi connectivity index (χ2n) is 3.06. The van der Waals surface area contributed by atoms with Crippen molar-refractivity contribution in [2.75, 3.05) is 20.4 Å². The molecular formula is C9H18N2O3P+. The van der Waals surface area contributed by atoms with Gasteiger partial charge in [0.15, 0.2) is 6.16 Å². The molecule has 0 spiro atoms. The smallest absolute Gasteiger partial charge is 0.241 e. The summed E-state index contributed by atoms with van der Waals surface area (Å²) in [7, 11) is 0.990. The van der Waals surface area contributed by atoms with E-state index in [-0.39, 0.29) is 0 Å². The summed E-state index contributed by atoms with van der Waals surface area (Å²) in [6.07, 6.45) is 7.85. The lowest BCUT2D eigenvalue weighted by Gasteiger charge is -2.18. The molecule has 0 amide bonds. The van der Waals surface area contributed by atoms with Crippen LogP contribution in [0.25, 0.3) is 0 Å². The first-order valence-corrected chi connectivity index (χ1v) is 6.66. The lowest BCUT2D eigenvalue weighted by Crippen LogP contribution is -2.17. The summed E-state index contributed by atoms with van der Waals surface area (Å²) >= 11 is 0. The van der Waals surface area contributed by atoms with Crippen molar-refractivity contribution in [3.05, 3.63) is 18.7 Å². The van der Waals surface area contributed by atoms with E-state index in [0.29, 0.717) is 0 Å². The topological polar surface area (TPSA) is 45.5 Å². The van der Waals surface area contributed by atoms with Gasteiger partial charge in [0.1, 0.15) is 6.33 Å². The fourth-order valence-electron chi connectivity index (χ4n) is 1.16. The molecule has 0 bridgehead atoms. The highest BCUT2D eigenvalue weighted by molar-refractivity contribution is 7.61. The molecular weight excluding hydrogens is 215 g/mol. The van der Waals surface area contributed by atoms with E-state index in [1.807, 2.05) is 0 Å². The molecule has 15 heavy (non-hydrogen) atoms. The van der Waals surface area contributed by atoms with Crippen LogP contribution in [-0.2, 0) is 9.05 Å². The fourth-order valence-corrected chi connectivity index (χ4v) is 2.97. The zero-order valence-electron chi connectivity index (χ0n) is 9.42. The molecule has 6 heteroatoms. The zero-order valence-corrected chi connectivity index (χ0v) is 10.3. The summed E-state index contributed by atoms with van der Waals surface area (Å²) in [4.78, 5) is 3.90. The molecule has 1 heterocycles. The quantitative estimate of drug-likeness (QED) is 0.677. The van der Waals surface area contributed by atoms with E-state index in [0.717, 1.165) is 19.0 Å². The van der Waals surface area contributed by atoms with Gasteiger partial charge >= 0.3 is 7.94 Å². The van der Waals surface area contributed by atoms with Crippen LogP contribution >= 0.6 is 7.94 Å². The van der Waals surface area contributed by atoms with Crippen LogP contribution in [0.3, 0.4) is 0 Å². The Labute approximate surface area is 90.9 Å². The number of aromatic nitrogens is 2. The molecule has 0 saturated carbocycles. The van der Waals surface area contributed by atoms with Crippen LogP contribution in [0.4, 0.5) is 0 Å². The summed E-state index contributed by atoms with van der Waals surface area (Å²) in [6.45, 7) is 2.12. The predicted octanol–water partition coefficient (Wildman–Crippen LogP) is 2.17. The van der Waals surface area contributed by atoms with E-state index in [1.165, 1.54) is 4.73 Å². The minimum absolute atomic E-state index is 0.786. The number of nitrogens with zero attached hydrogens (tertiary/aromatic N) is 2. The van der Waals surface area contributed by atoms with Gasteiger partial charge in [-0.2, -0.15) is 13.7 Å². The molecule has 0 aromatic carbocycles. The summed E-state index contributed by atoms with van der Waals surface area (Å²) in [6, 6.07) is 0. The van der Waals surface area contributed by atoms with Gasteiger partial charge in [-0.05, 0) is 6.42 Å². The van der Waals surface area contributed by atoms with Gasteiger partial charge in [0.05, 0.1) is 20.4 Å². The van der Waals surface area contributed by atoms with Gasteiger partial charge in [-0.3, -0.25) is 0 Å². The van der Waals surface area contributed by atoms with Crippen molar-refractivity contribution in [3.63, 3.8) is 0 Å². The van der Waals surface area contributed by atoms with Gasteiger partial charge in [0.2, 0.25) is 0 Å². The van der Waals surface area contributed by atoms with Gasteiger partial charge in [-0.1, -0.05) is 13.3 Å². The molecule has 0 aliphatic heterocycles. The number of hydrogen-bond donors (Lipinski definition) is 0. The molecule has 86 valence electrons. The maximum atomic E-state index is 5.66. The van der Waals surface area contributed by atoms with Gasteiger partial charge in [-0.15, -0.1) is 4.73 Å². The minimum atomic E-state index is -2.24. The Bertz CT molecular complexity index is 262. The third-order valence-electron chi connectivity index (χ3n) is 2.04. The van der Waals surface area contributed by atoms with Crippen molar-refractivity contribution in [2.24, 2.45) is 0 Å². The highest BCUT2D eigenvalue weighted by Gasteiger charge is 2.44. The average Bonchev–Trinajstić information content (AvgIpc) is 2.77. The normalized spacial score (nSPS) is 11.7. The third kappa shape index (κ3) is 3.45. The first-order valence-electron chi connectivity index (χ1n) is 4.94. The van der Waals surface area contributed by atoms with Crippen LogP contribution in [0.2, 0.25) is 0 Å². The van der Waals surface area contributed by atoms with Crippen LogP contribution in [-0.4, -0.2) is 30.1 Å². The summed E-state index contributed by atoms with van der Waals surface area (Å²) in [5.41, 5.74) is 0. The fraction of sp³-hybridized carbons (Fsp3) is 0.667. The Kier molecular flexibility index (Phi) is 5.02. The predicted molar refractivity (Wildman–Crippen MR) is 59.5 cm³/mol. The van der Waals surface area contributed by atoms with Crippen molar-refractivity contribution in [2.45, 2.75) is 19.8 Å². The first kappa shape index (κ1) is 12.4. The van der Waals surface area contributed by atoms with Crippen molar-refractivity contribution in [1.82, 2.24) is 9.71 Å². The van der Waals surface area contributed by atoms with E-state index < -0.39 is 7.94 Å². The van der Waals surface area contributed by atoms with Gasteiger partial charge in [0, 0.05) is 6.20 Å². The van der Waals surface area contributed by atoms with Crippen LogP contribution in [0.1, 0.15) is 19.8 Å². The third-order valence-corrected chi connectivity index (χ3v) is 4.45. The first-order chi connectivity index (χ1) is 7.26. The highest BCUT2D eigenvalue weighted by atomic mass is 31.2. The molecule has 1 aromatic heterocycles. The van der Waals surface area contributed by atoms with Crippen molar-refractivity contribution >= 4 is 7.94 Å². The van der Waals surface area contributed by atoms with Crippen LogP contribution in [0.15, 0.2) is 18.7 Å². The average molecular weight is 233 g/mol. The van der Waals surface area contributed by atoms with E-state index in [2.05, 4.69) is 11.9 Å². The lowest BCUT2D eigenvalue weighted by atomic mass is 10.4. The van der Waals surface area contributed by atoms with Crippen LogP contribution < -0.4 is 4.62 Å². The Morgan fingerprint density at radius 3 is 2.53 bits per heavy atom. The molecule has 0 aliphatic carbocycles. The maximum absolute atomic E-state index is 5.66. The van der Waals surface area contributed by atoms with Crippen molar-refractivity contribution in [3.8, 4) is 0 Å².